The molecule has 6 heteroatoms. The molecule has 4 nitrogen and oxygen atoms in total. The molecular weight excluding hydrogens is 374 g/mol. The van der Waals surface area contributed by atoms with E-state index in [9.17, 15) is 4.79 Å². The van der Waals surface area contributed by atoms with Gasteiger partial charge in [-0.05, 0) is 52.6 Å². The van der Waals surface area contributed by atoms with E-state index in [4.69, 9.17) is 4.74 Å². The van der Waals surface area contributed by atoms with Crippen LogP contribution >= 0.6 is 18.8 Å². The highest BCUT2D eigenvalue weighted by molar-refractivity contribution is 7.18. The molecule has 27 heavy (non-hydrogen) atoms. The second-order valence-corrected chi connectivity index (χ2v) is 7.98. The molecule has 0 radical (unpaired) electrons. The maximum atomic E-state index is 12.5. The maximum Gasteiger partial charge on any atom is 0.159 e. The summed E-state index contributed by atoms with van der Waals surface area (Å²) >= 11 is 0. The van der Waals surface area contributed by atoms with Crippen molar-refractivity contribution in [3.63, 3.8) is 0 Å². The summed E-state index contributed by atoms with van der Waals surface area (Å²) < 4.78 is 8.36. The second-order valence-electron chi connectivity index (χ2n) is 7.14. The Bertz CT molecular complexity index is 807. The minimum atomic E-state index is -0.426. The lowest BCUT2D eigenvalue weighted by Crippen LogP contribution is -2.35. The minimum absolute atomic E-state index is 0.0277. The highest BCUT2D eigenvalue weighted by Gasteiger charge is 2.44. The van der Waals surface area contributed by atoms with E-state index in [0.29, 0.717) is 6.42 Å². The van der Waals surface area contributed by atoms with Crippen LogP contribution in [0.2, 0.25) is 0 Å². The van der Waals surface area contributed by atoms with Gasteiger partial charge >= 0.3 is 0 Å². The van der Waals surface area contributed by atoms with Crippen molar-refractivity contribution >= 4 is 30.3 Å². The van der Waals surface area contributed by atoms with Crippen LogP contribution in [0.4, 0.5) is 5.69 Å². The number of nitrogens with zero attached hydrogens (tertiary/aromatic N) is 1. The second kappa shape index (κ2) is 8.63. The Balaban J connectivity index is 1.73. The van der Waals surface area contributed by atoms with Crippen LogP contribution in [0, 0.1) is 0 Å². The van der Waals surface area contributed by atoms with Gasteiger partial charge in [0.2, 0.25) is 0 Å². The van der Waals surface area contributed by atoms with Crippen LogP contribution in [0.15, 0.2) is 66.7 Å². The van der Waals surface area contributed by atoms with Crippen LogP contribution in [-0.4, -0.2) is 22.2 Å². The summed E-state index contributed by atoms with van der Waals surface area (Å²) in [5.41, 5.74) is 2.68. The third-order valence-corrected chi connectivity index (χ3v) is 6.07. The van der Waals surface area contributed by atoms with Gasteiger partial charge in [0.25, 0.3) is 0 Å². The van der Waals surface area contributed by atoms with E-state index in [1.165, 1.54) is 0 Å². The predicted molar refractivity (Wildman–Crippen MR) is 117 cm³/mol. The standard InChI is InChI=1S/C21H26N2O2P2/c1-21(2)23(27)19(20(25-21)16-6-4-3-5-7-16)13-12-18(24)14-15-8-10-17(22-26)11-9-15/h3-13,19-20,22H,14,26-27H2,1-2H3. The Morgan fingerprint density at radius 3 is 2.48 bits per heavy atom. The van der Waals surface area contributed by atoms with E-state index < -0.39 is 5.72 Å². The lowest BCUT2D eigenvalue weighted by atomic mass is 10.0. The molecule has 0 bridgehead atoms. The van der Waals surface area contributed by atoms with Crippen molar-refractivity contribution in [2.45, 2.75) is 38.1 Å². The highest BCUT2D eigenvalue weighted by Crippen LogP contribution is 2.43. The molecule has 3 rings (SSSR count). The summed E-state index contributed by atoms with van der Waals surface area (Å²) in [6.45, 7) is 4.07. The molecule has 1 heterocycles. The average Bonchev–Trinajstić information content (AvgIpc) is 2.91. The molecule has 1 saturated heterocycles. The van der Waals surface area contributed by atoms with Gasteiger partial charge in [0.1, 0.15) is 11.8 Å². The lowest BCUT2D eigenvalue weighted by Gasteiger charge is -2.27. The molecule has 142 valence electrons. The van der Waals surface area contributed by atoms with Crippen molar-refractivity contribution in [2.75, 3.05) is 5.09 Å². The number of hydrogen-bond acceptors (Lipinski definition) is 4. The number of rotatable bonds is 6. The highest BCUT2D eigenvalue weighted by atomic mass is 31.0. The molecule has 0 aliphatic carbocycles. The molecule has 0 aromatic heterocycles. The number of anilines is 1. The summed E-state index contributed by atoms with van der Waals surface area (Å²) in [4.78, 5) is 12.5. The average molecular weight is 400 g/mol. The fourth-order valence-electron chi connectivity index (χ4n) is 3.23. The first-order valence-corrected chi connectivity index (χ1v) is 10.0. The van der Waals surface area contributed by atoms with Crippen LogP contribution < -0.4 is 5.09 Å². The number of ketones is 1. The zero-order chi connectivity index (χ0) is 19.4. The molecular formula is C21H26N2O2P2. The van der Waals surface area contributed by atoms with E-state index in [1.54, 1.807) is 6.08 Å². The Morgan fingerprint density at radius 1 is 1.19 bits per heavy atom. The Kier molecular flexibility index (Phi) is 6.44. The number of ether oxygens (including phenoxy) is 1. The summed E-state index contributed by atoms with van der Waals surface area (Å²) in [7, 11) is 5.21. The van der Waals surface area contributed by atoms with Gasteiger partial charge in [0.15, 0.2) is 5.78 Å². The molecule has 1 N–H and O–H groups in total. The number of benzene rings is 2. The van der Waals surface area contributed by atoms with Crippen LogP contribution in [0.3, 0.4) is 0 Å². The number of nitrogens with one attached hydrogen (secondary N) is 1. The summed E-state index contributed by atoms with van der Waals surface area (Å²) in [6, 6.07) is 18.0. The van der Waals surface area contributed by atoms with Gasteiger partial charge in [-0.3, -0.25) is 9.46 Å². The Hall–Kier alpha value is -1.57. The zero-order valence-electron chi connectivity index (χ0n) is 15.6. The SMILES string of the molecule is CC1(C)OC(c2ccccc2)C(C=CC(=O)Cc2ccc(NP)cc2)N1P. The molecule has 4 unspecified atom stereocenters. The molecule has 1 fully saturated rings. The largest absolute Gasteiger partial charge is 0.369 e. The van der Waals surface area contributed by atoms with E-state index in [-0.39, 0.29) is 17.9 Å². The first kappa shape index (κ1) is 20.2. The first-order valence-electron chi connectivity index (χ1n) is 8.94. The topological polar surface area (TPSA) is 41.6 Å². The van der Waals surface area contributed by atoms with Gasteiger partial charge < -0.3 is 9.82 Å². The normalized spacial score (nSPS) is 22.2. The molecule has 2 aromatic rings. The zero-order valence-corrected chi connectivity index (χ0v) is 17.9. The number of allylic oxidation sites excluding steroid dienone is 1. The molecule has 0 amide bonds. The van der Waals surface area contributed by atoms with Gasteiger partial charge in [0, 0.05) is 12.1 Å². The van der Waals surface area contributed by atoms with Gasteiger partial charge in [-0.1, -0.05) is 57.9 Å². The van der Waals surface area contributed by atoms with Crippen molar-refractivity contribution in [1.82, 2.24) is 4.67 Å². The smallest absolute Gasteiger partial charge is 0.159 e. The monoisotopic (exact) mass is 400 g/mol. The fraction of sp³-hybridized carbons (Fsp3) is 0.286. The molecule has 1 aliphatic heterocycles. The van der Waals surface area contributed by atoms with Gasteiger partial charge in [-0.2, -0.15) is 0 Å². The molecule has 0 saturated carbocycles. The van der Waals surface area contributed by atoms with Crippen LogP contribution in [0.25, 0.3) is 0 Å². The molecule has 0 spiro atoms. The summed E-state index contributed by atoms with van der Waals surface area (Å²) in [5, 5.41) is 3.00. The Morgan fingerprint density at radius 2 is 1.85 bits per heavy atom. The van der Waals surface area contributed by atoms with Crippen molar-refractivity contribution in [1.29, 1.82) is 0 Å². The maximum absolute atomic E-state index is 12.5. The molecule has 4 atom stereocenters. The van der Waals surface area contributed by atoms with Crippen LogP contribution in [0.1, 0.15) is 31.1 Å². The summed E-state index contributed by atoms with van der Waals surface area (Å²) in [6.07, 6.45) is 3.91. The van der Waals surface area contributed by atoms with Crippen molar-refractivity contribution < 1.29 is 9.53 Å². The van der Waals surface area contributed by atoms with Crippen molar-refractivity contribution in [2.24, 2.45) is 0 Å². The van der Waals surface area contributed by atoms with Crippen LogP contribution in [-0.2, 0) is 16.0 Å². The van der Waals surface area contributed by atoms with E-state index in [0.717, 1.165) is 16.8 Å². The number of hydrogen-bond donors (Lipinski definition) is 1. The van der Waals surface area contributed by atoms with Gasteiger partial charge in [-0.25, -0.2) is 0 Å². The number of carbonyl (C=O) groups excluding carboxylic acids is 1. The molecule has 2 aromatic carbocycles. The van der Waals surface area contributed by atoms with Gasteiger partial charge in [0.05, 0.1) is 6.04 Å². The van der Waals surface area contributed by atoms with Gasteiger partial charge in [-0.15, -0.1) is 0 Å². The lowest BCUT2D eigenvalue weighted by molar-refractivity contribution is -0.114. The van der Waals surface area contributed by atoms with Crippen molar-refractivity contribution in [3.8, 4) is 0 Å². The molecule has 1 aliphatic rings. The third-order valence-electron chi connectivity index (χ3n) is 4.77. The quantitative estimate of drug-likeness (QED) is 0.572. The summed E-state index contributed by atoms with van der Waals surface area (Å²) in [5.74, 6) is 0.0801. The minimum Gasteiger partial charge on any atom is -0.369 e. The fourth-order valence-corrected chi connectivity index (χ4v) is 3.74. The predicted octanol–water partition coefficient (Wildman–Crippen LogP) is 4.52. The van der Waals surface area contributed by atoms with Crippen molar-refractivity contribution in [3.05, 3.63) is 77.9 Å². The van der Waals surface area contributed by atoms with Crippen LogP contribution in [0.5, 0.6) is 0 Å². The third kappa shape index (κ3) is 4.83. The Labute approximate surface area is 165 Å². The van der Waals surface area contributed by atoms with E-state index >= 15 is 0 Å². The first-order chi connectivity index (χ1) is 12.9. The van der Waals surface area contributed by atoms with E-state index in [2.05, 4.69) is 40.7 Å². The van der Waals surface area contributed by atoms with E-state index in [1.807, 2.05) is 62.4 Å². The number of carbonyl (C=O) groups is 1.